The van der Waals surface area contributed by atoms with Crippen molar-refractivity contribution < 1.29 is 41.2 Å². The molecule has 2 aliphatic heterocycles. The summed E-state index contributed by atoms with van der Waals surface area (Å²) in [5.41, 5.74) is 9.06. The number of benzene rings is 4. The minimum atomic E-state index is -1.15. The third-order valence-electron chi connectivity index (χ3n) is 7.62. The quantitative estimate of drug-likeness (QED) is 0.146. The average molecular weight is 625 g/mol. The molecule has 236 valence electrons. The van der Waals surface area contributed by atoms with Gasteiger partial charge in [0.1, 0.15) is 47.7 Å². The van der Waals surface area contributed by atoms with E-state index in [-0.39, 0.29) is 56.3 Å². The number of nitrogens with one attached hydrogen (secondary N) is 2. The molecule has 6 rings (SSSR count). The van der Waals surface area contributed by atoms with Gasteiger partial charge in [0.2, 0.25) is 5.85 Å². The van der Waals surface area contributed by atoms with Crippen LogP contribution < -0.4 is 10.9 Å². The Balaban J connectivity index is 1.26. The highest BCUT2D eigenvalue weighted by Gasteiger charge is 2.63. The zero-order valence-electron chi connectivity index (χ0n) is 24.1. The minimum Gasteiger partial charge on any atom is -0.374 e. The fraction of sp³-hybridized carbons (Fsp3) is 0.294. The second-order valence-electron chi connectivity index (χ2n) is 10.9. The van der Waals surface area contributed by atoms with Crippen LogP contribution in [-0.4, -0.2) is 36.9 Å². The van der Waals surface area contributed by atoms with Crippen molar-refractivity contribution in [1.82, 2.24) is 10.9 Å². The van der Waals surface area contributed by atoms with Gasteiger partial charge in [-0.25, -0.2) is 28.4 Å². The van der Waals surface area contributed by atoms with E-state index in [2.05, 4.69) is 10.9 Å². The van der Waals surface area contributed by atoms with Crippen LogP contribution in [0.4, 0.5) is 17.6 Å². The van der Waals surface area contributed by atoms with Crippen molar-refractivity contribution in [2.75, 3.05) is 6.61 Å². The molecule has 0 aromatic heterocycles. The van der Waals surface area contributed by atoms with Crippen LogP contribution in [0.5, 0.6) is 0 Å². The molecule has 45 heavy (non-hydrogen) atoms. The van der Waals surface area contributed by atoms with Gasteiger partial charge in [-0.2, -0.15) is 0 Å². The lowest BCUT2D eigenvalue weighted by molar-refractivity contribution is -0.286. The fourth-order valence-electron chi connectivity index (χ4n) is 5.16. The van der Waals surface area contributed by atoms with E-state index < -0.39 is 30.3 Å². The van der Waals surface area contributed by atoms with Gasteiger partial charge in [0.05, 0.1) is 33.0 Å². The van der Waals surface area contributed by atoms with E-state index in [1.165, 1.54) is 48.5 Å². The predicted molar refractivity (Wildman–Crippen MR) is 155 cm³/mol. The minimum absolute atomic E-state index is 0.0810. The number of hydrogen-bond acceptors (Lipinski definition) is 7. The highest BCUT2D eigenvalue weighted by molar-refractivity contribution is 5.19. The van der Waals surface area contributed by atoms with Gasteiger partial charge in [0.15, 0.2) is 0 Å². The smallest absolute Gasteiger partial charge is 0.230 e. The standard InChI is InChI=1S/C34H32F4N2O5/c35-26-9-1-22(2-10-26)17-41-21-30-31(42-18-23-3-11-27(36)12-4-23)32(43-19-24-5-13-28(37)14-6-24)33(34(45-30)39-40-34)44-20-25-7-15-29(38)16-8-25/h1-16,30-33,39-40H,17-21H2/t30-,31-,32+,33-/m1/s1. The van der Waals surface area contributed by atoms with E-state index in [0.717, 1.165) is 22.3 Å². The lowest BCUT2D eigenvalue weighted by Gasteiger charge is -2.45. The SMILES string of the molecule is Fc1ccc(COC[C@H]2OC3(NN3)[C@H](OCc3ccc(F)cc3)[C@@H](OCc3ccc(F)cc3)[C@@H]2OCc2ccc(F)cc2)cc1. The van der Waals surface area contributed by atoms with Crippen LogP contribution in [-0.2, 0) is 50.1 Å². The lowest BCUT2D eigenvalue weighted by Crippen LogP contribution is -2.64. The van der Waals surface area contributed by atoms with Crippen LogP contribution in [0.25, 0.3) is 0 Å². The van der Waals surface area contributed by atoms with Crippen LogP contribution in [0.3, 0.4) is 0 Å². The number of hydrazine groups is 1. The molecule has 2 fully saturated rings. The number of hydrogen-bond donors (Lipinski definition) is 2. The summed E-state index contributed by atoms with van der Waals surface area (Å²) < 4.78 is 85.9. The summed E-state index contributed by atoms with van der Waals surface area (Å²) in [6, 6.07) is 23.9. The Morgan fingerprint density at radius 3 is 1.31 bits per heavy atom. The van der Waals surface area contributed by atoms with Gasteiger partial charge in [-0.3, -0.25) is 0 Å². The monoisotopic (exact) mass is 624 g/mol. The zero-order chi connectivity index (χ0) is 31.2. The topological polar surface area (TPSA) is 90.0 Å². The number of ether oxygens (including phenoxy) is 5. The molecule has 0 bridgehead atoms. The maximum absolute atomic E-state index is 13.6. The molecular formula is C34H32F4N2O5. The molecule has 0 aliphatic carbocycles. The highest BCUT2D eigenvalue weighted by Crippen LogP contribution is 2.38. The molecule has 11 heteroatoms. The Bertz CT molecular complexity index is 1520. The molecule has 2 aliphatic rings. The van der Waals surface area contributed by atoms with Crippen molar-refractivity contribution in [2.45, 2.75) is 56.7 Å². The molecule has 4 atom stereocenters. The van der Waals surface area contributed by atoms with Crippen molar-refractivity contribution in [3.8, 4) is 0 Å². The van der Waals surface area contributed by atoms with Crippen LogP contribution in [0, 0.1) is 23.3 Å². The van der Waals surface area contributed by atoms with Gasteiger partial charge in [0.25, 0.3) is 0 Å². The molecule has 2 saturated heterocycles. The Morgan fingerprint density at radius 2 is 0.889 bits per heavy atom. The maximum Gasteiger partial charge on any atom is 0.230 e. The molecule has 0 radical (unpaired) electrons. The first-order valence-electron chi connectivity index (χ1n) is 14.5. The molecule has 7 nitrogen and oxygen atoms in total. The first-order valence-corrected chi connectivity index (χ1v) is 14.5. The largest absolute Gasteiger partial charge is 0.374 e. The van der Waals surface area contributed by atoms with Crippen molar-refractivity contribution >= 4 is 0 Å². The summed E-state index contributed by atoms with van der Waals surface area (Å²) in [7, 11) is 0. The molecule has 4 aromatic rings. The Hall–Kier alpha value is -3.68. The van der Waals surface area contributed by atoms with Crippen molar-refractivity contribution in [2.24, 2.45) is 0 Å². The third-order valence-corrected chi connectivity index (χ3v) is 7.62. The summed E-state index contributed by atoms with van der Waals surface area (Å²) in [5, 5.41) is 0. The van der Waals surface area contributed by atoms with E-state index in [0.29, 0.717) is 0 Å². The van der Waals surface area contributed by atoms with Gasteiger partial charge in [-0.15, -0.1) is 0 Å². The maximum atomic E-state index is 13.6. The van der Waals surface area contributed by atoms with Gasteiger partial charge in [-0.05, 0) is 70.8 Å². The summed E-state index contributed by atoms with van der Waals surface area (Å²) in [5.74, 6) is -2.58. The van der Waals surface area contributed by atoms with E-state index in [1.807, 2.05) is 0 Å². The average Bonchev–Trinajstić information content (AvgIpc) is 3.82. The van der Waals surface area contributed by atoms with E-state index in [9.17, 15) is 17.6 Å². The predicted octanol–water partition coefficient (Wildman–Crippen LogP) is 5.68. The molecule has 2 heterocycles. The zero-order valence-corrected chi connectivity index (χ0v) is 24.1. The van der Waals surface area contributed by atoms with Crippen LogP contribution in [0.2, 0.25) is 0 Å². The molecular weight excluding hydrogens is 592 g/mol. The molecule has 0 amide bonds. The third kappa shape index (κ3) is 8.13. The van der Waals surface area contributed by atoms with Gasteiger partial charge in [-0.1, -0.05) is 48.5 Å². The molecule has 2 N–H and O–H groups in total. The second kappa shape index (κ2) is 14.2. The van der Waals surface area contributed by atoms with Crippen molar-refractivity contribution in [3.05, 3.63) is 143 Å². The highest BCUT2D eigenvalue weighted by atomic mass is 19.1. The second-order valence-corrected chi connectivity index (χ2v) is 10.9. The van der Waals surface area contributed by atoms with E-state index in [4.69, 9.17) is 23.7 Å². The van der Waals surface area contributed by atoms with Gasteiger partial charge < -0.3 is 23.7 Å². The Labute approximate surface area is 258 Å². The Kier molecular flexibility index (Phi) is 9.86. The van der Waals surface area contributed by atoms with Gasteiger partial charge in [0, 0.05) is 0 Å². The van der Waals surface area contributed by atoms with Crippen molar-refractivity contribution in [3.63, 3.8) is 0 Å². The summed E-state index contributed by atoms with van der Waals surface area (Å²) >= 11 is 0. The first-order chi connectivity index (χ1) is 21.9. The van der Waals surface area contributed by atoms with Crippen LogP contribution in [0.15, 0.2) is 97.1 Å². The van der Waals surface area contributed by atoms with Crippen molar-refractivity contribution in [1.29, 1.82) is 0 Å². The number of rotatable bonds is 13. The van der Waals surface area contributed by atoms with Crippen LogP contribution in [0.1, 0.15) is 22.3 Å². The normalized spacial score (nSPS) is 22.0. The van der Waals surface area contributed by atoms with E-state index >= 15 is 0 Å². The molecule has 1 spiro atoms. The molecule has 0 unspecified atom stereocenters. The lowest BCUT2D eigenvalue weighted by atomic mass is 9.95. The molecule has 0 saturated carbocycles. The number of halogens is 4. The van der Waals surface area contributed by atoms with Crippen LogP contribution >= 0.6 is 0 Å². The summed E-state index contributed by atoms with van der Waals surface area (Å²) in [6.45, 7) is 0.614. The van der Waals surface area contributed by atoms with E-state index in [1.54, 1.807) is 48.5 Å². The Morgan fingerprint density at radius 1 is 0.511 bits per heavy atom. The summed E-state index contributed by atoms with van der Waals surface area (Å²) in [4.78, 5) is 0. The summed E-state index contributed by atoms with van der Waals surface area (Å²) in [6.07, 6.45) is -2.96. The fourth-order valence-corrected chi connectivity index (χ4v) is 5.16. The van der Waals surface area contributed by atoms with Gasteiger partial charge >= 0.3 is 0 Å². The first kappa shape index (κ1) is 31.3. The molecule has 4 aromatic carbocycles.